The van der Waals surface area contributed by atoms with Gasteiger partial charge in [0, 0.05) is 19.3 Å². The Bertz CT molecular complexity index is 1840. The van der Waals surface area contributed by atoms with Crippen molar-refractivity contribution < 1.29 is 28.6 Å². The molecule has 1 atom stereocenters. The summed E-state index contributed by atoms with van der Waals surface area (Å²) in [5.41, 5.74) is 0. The molecule has 0 bridgehead atoms. The Labute approximate surface area is 511 Å². The number of carbonyl (C=O) groups excluding carboxylic acids is 3. The van der Waals surface area contributed by atoms with Gasteiger partial charge in [-0.15, -0.1) is 0 Å². The summed E-state index contributed by atoms with van der Waals surface area (Å²) in [5, 5.41) is 0. The minimum Gasteiger partial charge on any atom is -0.462 e. The van der Waals surface area contributed by atoms with E-state index in [-0.39, 0.29) is 31.1 Å². The van der Waals surface area contributed by atoms with Crippen molar-refractivity contribution in [3.05, 3.63) is 158 Å². The van der Waals surface area contributed by atoms with Crippen LogP contribution in [0.5, 0.6) is 0 Å². The molecule has 0 radical (unpaired) electrons. The highest BCUT2D eigenvalue weighted by Gasteiger charge is 2.19. The van der Waals surface area contributed by atoms with E-state index in [0.29, 0.717) is 19.3 Å². The summed E-state index contributed by atoms with van der Waals surface area (Å²) >= 11 is 0. The van der Waals surface area contributed by atoms with E-state index < -0.39 is 6.10 Å². The normalized spacial score (nSPS) is 13.1. The lowest BCUT2D eigenvalue weighted by atomic mass is 10.1. The van der Waals surface area contributed by atoms with Crippen molar-refractivity contribution in [1.82, 2.24) is 0 Å². The van der Waals surface area contributed by atoms with E-state index in [4.69, 9.17) is 14.2 Å². The first-order valence-electron chi connectivity index (χ1n) is 34.0. The fraction of sp³-hybridized carbons (Fsp3) is 0.623. The topological polar surface area (TPSA) is 78.9 Å². The van der Waals surface area contributed by atoms with Crippen LogP contribution in [0, 0.1) is 0 Å². The lowest BCUT2D eigenvalue weighted by Crippen LogP contribution is -2.30. The molecule has 0 aliphatic rings. The minimum absolute atomic E-state index is 0.0887. The molecular formula is C77H124O6. The summed E-state index contributed by atoms with van der Waals surface area (Å²) in [4.78, 5) is 38.3. The third kappa shape index (κ3) is 67.7. The van der Waals surface area contributed by atoms with E-state index in [9.17, 15) is 14.4 Å². The maximum atomic E-state index is 12.9. The Kier molecular flexibility index (Phi) is 65.4. The summed E-state index contributed by atoms with van der Waals surface area (Å²) in [5.74, 6) is -0.912. The molecule has 0 aromatic carbocycles. The molecule has 83 heavy (non-hydrogen) atoms. The fourth-order valence-corrected chi connectivity index (χ4v) is 9.01. The van der Waals surface area contributed by atoms with Crippen LogP contribution >= 0.6 is 0 Å². The maximum absolute atomic E-state index is 12.9. The van der Waals surface area contributed by atoms with Crippen molar-refractivity contribution in [2.75, 3.05) is 13.2 Å². The van der Waals surface area contributed by atoms with E-state index in [0.717, 1.165) is 161 Å². The van der Waals surface area contributed by atoms with Crippen LogP contribution in [0.4, 0.5) is 0 Å². The molecule has 0 fully saturated rings. The van der Waals surface area contributed by atoms with E-state index in [1.54, 1.807) is 0 Å². The van der Waals surface area contributed by atoms with Gasteiger partial charge in [-0.3, -0.25) is 14.4 Å². The SMILES string of the molecule is CC/C=C\C/C=C\C/C=C\C/C=C\C/C=C\C/C=C\C/C=C\C/C=C\CCCCCCCCC(=O)OCC(COC(=O)CCCCCCCCCCC)OC(=O)CCCCCCCCCCC/C=C\C/C=C\C/C=C\C/C=C\C/C=C\CC. The predicted molar refractivity (Wildman–Crippen MR) is 362 cm³/mol. The van der Waals surface area contributed by atoms with Gasteiger partial charge in [-0.2, -0.15) is 0 Å². The Morgan fingerprint density at radius 3 is 0.735 bits per heavy atom. The molecule has 468 valence electrons. The highest BCUT2D eigenvalue weighted by molar-refractivity contribution is 5.71. The number of hydrogen-bond donors (Lipinski definition) is 0. The molecule has 0 amide bonds. The van der Waals surface area contributed by atoms with Gasteiger partial charge in [0.25, 0.3) is 0 Å². The van der Waals surface area contributed by atoms with E-state index in [2.05, 4.69) is 179 Å². The van der Waals surface area contributed by atoms with Crippen LogP contribution in [0.15, 0.2) is 158 Å². The molecule has 0 N–H and O–H groups in total. The lowest BCUT2D eigenvalue weighted by Gasteiger charge is -2.18. The van der Waals surface area contributed by atoms with Crippen molar-refractivity contribution in [1.29, 1.82) is 0 Å². The summed E-state index contributed by atoms with van der Waals surface area (Å²) in [7, 11) is 0. The standard InChI is InChI=1S/C77H124O6/c1-4-7-10-13-16-19-21-23-25-27-29-31-33-35-36-37-38-39-40-42-43-45-47-49-51-53-55-58-61-64-67-70-76(79)82-73-74(72-81-75(78)69-66-63-60-57-18-15-12-9-6-3)83-77(80)71-68-65-62-59-56-54-52-50-48-46-44-41-34-32-30-28-26-24-22-20-17-14-11-8-5-2/h7-8,10-11,16-17,19-20,23-26,29-32,35-36,38-39,41-44,47,49,74H,4-6,9,12-15,18,21-22,27-28,33-34,37,40,45-46,48,50-73H2,1-3H3/b10-7-,11-8-,19-16-,20-17-,25-23-,26-24-,31-29-,32-30-,36-35-,39-38-,43-42-,44-41-,49-47-. The molecule has 0 saturated carbocycles. The molecule has 0 spiro atoms. The zero-order chi connectivity index (χ0) is 59.9. The smallest absolute Gasteiger partial charge is 0.306 e. The van der Waals surface area contributed by atoms with Gasteiger partial charge in [-0.1, -0.05) is 301 Å². The van der Waals surface area contributed by atoms with Gasteiger partial charge in [-0.25, -0.2) is 0 Å². The number of hydrogen-bond acceptors (Lipinski definition) is 6. The number of carbonyl (C=O) groups is 3. The number of allylic oxidation sites excluding steroid dienone is 26. The Morgan fingerprint density at radius 2 is 0.470 bits per heavy atom. The molecule has 0 rings (SSSR count). The molecule has 6 heteroatoms. The summed E-state index contributed by atoms with van der Waals surface area (Å²) in [6.07, 6.45) is 101. The zero-order valence-corrected chi connectivity index (χ0v) is 53.7. The van der Waals surface area contributed by atoms with E-state index in [1.165, 1.54) is 89.9 Å². The first-order valence-corrected chi connectivity index (χ1v) is 34.0. The van der Waals surface area contributed by atoms with Crippen molar-refractivity contribution in [3.8, 4) is 0 Å². The van der Waals surface area contributed by atoms with Gasteiger partial charge in [0.1, 0.15) is 13.2 Å². The van der Waals surface area contributed by atoms with Crippen LogP contribution < -0.4 is 0 Å². The molecule has 0 aliphatic carbocycles. The predicted octanol–water partition coefficient (Wildman–Crippen LogP) is 23.7. The van der Waals surface area contributed by atoms with Crippen LogP contribution in [0.1, 0.15) is 290 Å². The van der Waals surface area contributed by atoms with Gasteiger partial charge in [-0.05, 0) is 128 Å². The molecule has 6 nitrogen and oxygen atoms in total. The van der Waals surface area contributed by atoms with Crippen molar-refractivity contribution in [2.45, 2.75) is 297 Å². The third-order valence-electron chi connectivity index (χ3n) is 14.0. The van der Waals surface area contributed by atoms with Gasteiger partial charge in [0.15, 0.2) is 6.10 Å². The molecule has 0 saturated heterocycles. The highest BCUT2D eigenvalue weighted by Crippen LogP contribution is 2.15. The molecule has 0 heterocycles. The van der Waals surface area contributed by atoms with Crippen LogP contribution in [0.3, 0.4) is 0 Å². The zero-order valence-electron chi connectivity index (χ0n) is 53.7. The first-order chi connectivity index (χ1) is 41.0. The van der Waals surface area contributed by atoms with E-state index in [1.807, 2.05) is 0 Å². The second-order valence-electron chi connectivity index (χ2n) is 22.0. The average molecular weight is 1150 g/mol. The third-order valence-corrected chi connectivity index (χ3v) is 14.0. The van der Waals surface area contributed by atoms with Crippen LogP contribution in [0.25, 0.3) is 0 Å². The van der Waals surface area contributed by atoms with E-state index >= 15 is 0 Å². The second-order valence-corrected chi connectivity index (χ2v) is 22.0. The largest absolute Gasteiger partial charge is 0.462 e. The fourth-order valence-electron chi connectivity index (χ4n) is 9.01. The van der Waals surface area contributed by atoms with Crippen LogP contribution in [-0.2, 0) is 28.6 Å². The van der Waals surface area contributed by atoms with Crippen molar-refractivity contribution >= 4 is 17.9 Å². The monoisotopic (exact) mass is 1140 g/mol. The van der Waals surface area contributed by atoms with Crippen molar-refractivity contribution in [2.24, 2.45) is 0 Å². The molecule has 1 unspecified atom stereocenters. The summed E-state index contributed by atoms with van der Waals surface area (Å²) < 4.78 is 16.9. The minimum atomic E-state index is -0.794. The van der Waals surface area contributed by atoms with Gasteiger partial charge < -0.3 is 14.2 Å². The van der Waals surface area contributed by atoms with Crippen molar-refractivity contribution in [3.63, 3.8) is 0 Å². The number of esters is 3. The Balaban J connectivity index is 4.28. The quantitative estimate of drug-likeness (QED) is 0.0261. The Hall–Kier alpha value is -4.97. The number of ether oxygens (including phenoxy) is 3. The first kappa shape index (κ1) is 78.0. The molecule has 0 aromatic heterocycles. The average Bonchev–Trinajstić information content (AvgIpc) is 3.49. The summed E-state index contributed by atoms with van der Waals surface area (Å²) in [6.45, 7) is 6.38. The van der Waals surface area contributed by atoms with Gasteiger partial charge >= 0.3 is 17.9 Å². The maximum Gasteiger partial charge on any atom is 0.306 e. The second kappa shape index (κ2) is 69.5. The van der Waals surface area contributed by atoms with Gasteiger partial charge in [0.2, 0.25) is 0 Å². The Morgan fingerprint density at radius 1 is 0.253 bits per heavy atom. The summed E-state index contributed by atoms with van der Waals surface area (Å²) in [6, 6.07) is 0. The van der Waals surface area contributed by atoms with Crippen LogP contribution in [0.2, 0.25) is 0 Å². The molecule has 0 aliphatic heterocycles. The molecule has 0 aromatic rings. The van der Waals surface area contributed by atoms with Gasteiger partial charge in [0.05, 0.1) is 0 Å². The molecular weight excluding hydrogens is 1020 g/mol. The lowest BCUT2D eigenvalue weighted by molar-refractivity contribution is -0.167. The van der Waals surface area contributed by atoms with Crippen LogP contribution in [-0.4, -0.2) is 37.2 Å². The number of unbranched alkanes of at least 4 members (excludes halogenated alkanes) is 23. The number of rotatable bonds is 60. The highest BCUT2D eigenvalue weighted by atomic mass is 16.6.